The lowest BCUT2D eigenvalue weighted by Crippen LogP contribution is -2.41. The number of hydrogen-bond acceptors (Lipinski definition) is 3. The zero-order chi connectivity index (χ0) is 21.7. The average molecular weight is 409 g/mol. The van der Waals surface area contributed by atoms with Crippen LogP contribution in [0.3, 0.4) is 0 Å². The molecule has 0 aromatic rings. The summed E-state index contributed by atoms with van der Waals surface area (Å²) in [6, 6.07) is -1.05. The number of carbonyl (C=O) groups is 3. The summed E-state index contributed by atoms with van der Waals surface area (Å²) in [4.78, 5) is 33.7. The van der Waals surface area contributed by atoms with Crippen molar-refractivity contribution in [3.05, 3.63) is 24.3 Å². The van der Waals surface area contributed by atoms with Crippen molar-refractivity contribution in [2.45, 2.75) is 103 Å². The largest absolute Gasteiger partial charge is 0.480 e. The van der Waals surface area contributed by atoms with Gasteiger partial charge in [-0.15, -0.1) is 0 Å². The van der Waals surface area contributed by atoms with Gasteiger partial charge in [-0.1, -0.05) is 63.3 Å². The van der Waals surface area contributed by atoms with Gasteiger partial charge in [0.25, 0.3) is 0 Å². The molecule has 29 heavy (non-hydrogen) atoms. The van der Waals surface area contributed by atoms with Crippen LogP contribution in [0.5, 0.6) is 0 Å². The SMILES string of the molecule is CCCCC/C=C\C/C=C\CCCCCCCC(=O)N[C@@H](CCC(N)=O)C(=O)O. The Morgan fingerprint density at radius 2 is 1.45 bits per heavy atom. The molecule has 1 atom stereocenters. The lowest BCUT2D eigenvalue weighted by Gasteiger charge is -2.13. The molecule has 0 rings (SSSR count). The topological polar surface area (TPSA) is 109 Å². The molecule has 6 heteroatoms. The summed E-state index contributed by atoms with van der Waals surface area (Å²) in [6.07, 6.45) is 21.4. The van der Waals surface area contributed by atoms with Gasteiger partial charge in [0.2, 0.25) is 11.8 Å². The van der Waals surface area contributed by atoms with Gasteiger partial charge in [0.05, 0.1) is 0 Å². The molecule has 0 fully saturated rings. The van der Waals surface area contributed by atoms with E-state index in [9.17, 15) is 14.4 Å². The summed E-state index contributed by atoms with van der Waals surface area (Å²) in [5.74, 6) is -1.99. The van der Waals surface area contributed by atoms with Crippen molar-refractivity contribution in [3.8, 4) is 0 Å². The van der Waals surface area contributed by atoms with E-state index in [0.29, 0.717) is 6.42 Å². The summed E-state index contributed by atoms with van der Waals surface area (Å²) in [7, 11) is 0. The Balaban J connectivity index is 3.61. The second kappa shape index (κ2) is 19.2. The van der Waals surface area contributed by atoms with Gasteiger partial charge in [0.15, 0.2) is 0 Å². The number of nitrogens with two attached hydrogens (primary N) is 1. The number of carboxylic acid groups (broad SMARTS) is 1. The molecule has 0 aliphatic rings. The van der Waals surface area contributed by atoms with Crippen LogP contribution in [-0.4, -0.2) is 28.9 Å². The molecule has 0 aromatic heterocycles. The van der Waals surface area contributed by atoms with Gasteiger partial charge in [-0.25, -0.2) is 4.79 Å². The van der Waals surface area contributed by atoms with E-state index in [0.717, 1.165) is 44.9 Å². The standard InChI is InChI=1S/C23H40N2O4/c1-2-3-4-5-6-7-8-9-10-11-12-13-14-15-16-17-22(27)25-20(23(28)29)18-19-21(24)26/h6-7,9-10,20H,2-5,8,11-19H2,1H3,(H2,24,26)(H,25,27)(H,28,29)/b7-6-,10-9-/t20-/m0/s1. The first-order valence-electron chi connectivity index (χ1n) is 11.1. The zero-order valence-electron chi connectivity index (χ0n) is 18.0. The molecule has 0 saturated carbocycles. The monoisotopic (exact) mass is 408 g/mol. The molecule has 166 valence electrons. The maximum absolute atomic E-state index is 11.8. The predicted molar refractivity (Wildman–Crippen MR) is 117 cm³/mol. The van der Waals surface area contributed by atoms with E-state index in [1.165, 1.54) is 25.7 Å². The number of carbonyl (C=O) groups excluding carboxylic acids is 2. The van der Waals surface area contributed by atoms with E-state index in [4.69, 9.17) is 10.8 Å². The molecule has 0 bridgehead atoms. The van der Waals surface area contributed by atoms with Crippen molar-refractivity contribution in [1.82, 2.24) is 5.32 Å². The summed E-state index contributed by atoms with van der Waals surface area (Å²) in [5.41, 5.74) is 5.02. The van der Waals surface area contributed by atoms with Gasteiger partial charge in [-0.3, -0.25) is 9.59 Å². The molecule has 0 heterocycles. The number of hydrogen-bond donors (Lipinski definition) is 3. The second-order valence-electron chi connectivity index (χ2n) is 7.44. The highest BCUT2D eigenvalue weighted by Crippen LogP contribution is 2.08. The molecule has 2 amide bonds. The summed E-state index contributed by atoms with van der Waals surface area (Å²) in [5, 5.41) is 11.5. The number of amides is 2. The van der Waals surface area contributed by atoms with Crippen molar-refractivity contribution in [2.24, 2.45) is 5.73 Å². The van der Waals surface area contributed by atoms with Crippen molar-refractivity contribution in [2.75, 3.05) is 0 Å². The van der Waals surface area contributed by atoms with Gasteiger partial charge >= 0.3 is 5.97 Å². The third-order valence-electron chi connectivity index (χ3n) is 4.67. The summed E-state index contributed by atoms with van der Waals surface area (Å²) < 4.78 is 0. The summed E-state index contributed by atoms with van der Waals surface area (Å²) in [6.45, 7) is 2.22. The van der Waals surface area contributed by atoms with Crippen molar-refractivity contribution < 1.29 is 19.5 Å². The highest BCUT2D eigenvalue weighted by molar-refractivity contribution is 5.84. The molecule has 0 spiro atoms. The lowest BCUT2D eigenvalue weighted by molar-refractivity contribution is -0.142. The minimum Gasteiger partial charge on any atom is -0.480 e. The molecule has 4 N–H and O–H groups in total. The van der Waals surface area contributed by atoms with Crippen molar-refractivity contribution in [3.63, 3.8) is 0 Å². The van der Waals surface area contributed by atoms with E-state index in [1.54, 1.807) is 0 Å². The molecule has 0 radical (unpaired) electrons. The highest BCUT2D eigenvalue weighted by Gasteiger charge is 2.20. The third-order valence-corrected chi connectivity index (χ3v) is 4.67. The lowest BCUT2D eigenvalue weighted by atomic mass is 10.1. The number of aliphatic carboxylic acids is 1. The third kappa shape index (κ3) is 19.0. The van der Waals surface area contributed by atoms with Crippen LogP contribution < -0.4 is 11.1 Å². The maximum atomic E-state index is 11.8. The summed E-state index contributed by atoms with van der Waals surface area (Å²) >= 11 is 0. The van der Waals surface area contributed by atoms with E-state index < -0.39 is 17.9 Å². The number of nitrogens with one attached hydrogen (secondary N) is 1. The molecular weight excluding hydrogens is 368 g/mol. The molecule has 0 saturated heterocycles. The van der Waals surface area contributed by atoms with E-state index in [2.05, 4.69) is 36.5 Å². The van der Waals surface area contributed by atoms with Crippen LogP contribution in [0.15, 0.2) is 24.3 Å². The van der Waals surface area contributed by atoms with Crippen LogP contribution in [0.1, 0.15) is 96.8 Å². The van der Waals surface area contributed by atoms with Gasteiger partial charge in [0, 0.05) is 12.8 Å². The molecule has 0 aliphatic heterocycles. The van der Waals surface area contributed by atoms with E-state index in [1.807, 2.05) is 0 Å². The highest BCUT2D eigenvalue weighted by atomic mass is 16.4. The number of carboxylic acids is 1. The minimum atomic E-state index is -1.14. The Morgan fingerprint density at radius 3 is 2.03 bits per heavy atom. The first kappa shape index (κ1) is 26.9. The Bertz CT molecular complexity index is 515. The van der Waals surface area contributed by atoms with Crippen LogP contribution in [-0.2, 0) is 14.4 Å². The van der Waals surface area contributed by atoms with Crippen LogP contribution in [0, 0.1) is 0 Å². The fourth-order valence-corrected chi connectivity index (χ4v) is 2.91. The van der Waals surface area contributed by atoms with Crippen LogP contribution in [0.25, 0.3) is 0 Å². The minimum absolute atomic E-state index is 0.0264. The van der Waals surface area contributed by atoms with Crippen LogP contribution in [0.2, 0.25) is 0 Å². The normalized spacial score (nSPS) is 12.4. The first-order chi connectivity index (χ1) is 14.0. The van der Waals surface area contributed by atoms with Crippen molar-refractivity contribution in [1.29, 1.82) is 0 Å². The fraction of sp³-hybridized carbons (Fsp3) is 0.696. The zero-order valence-corrected chi connectivity index (χ0v) is 18.0. The van der Waals surface area contributed by atoms with E-state index in [-0.39, 0.29) is 18.7 Å². The number of rotatable bonds is 19. The molecule has 0 unspecified atom stereocenters. The smallest absolute Gasteiger partial charge is 0.326 e. The number of unbranched alkanes of at least 4 members (excludes halogenated alkanes) is 8. The Morgan fingerprint density at radius 1 is 0.862 bits per heavy atom. The molecular formula is C23H40N2O4. The number of primary amides is 1. The quantitative estimate of drug-likeness (QED) is 0.214. The molecule has 6 nitrogen and oxygen atoms in total. The Kier molecular flexibility index (Phi) is 17.8. The van der Waals surface area contributed by atoms with Crippen LogP contribution >= 0.6 is 0 Å². The van der Waals surface area contributed by atoms with Gasteiger partial charge in [-0.05, 0) is 44.9 Å². The Hall–Kier alpha value is -2.11. The maximum Gasteiger partial charge on any atom is 0.326 e. The van der Waals surface area contributed by atoms with Crippen molar-refractivity contribution >= 4 is 17.8 Å². The van der Waals surface area contributed by atoms with Gasteiger partial charge in [0.1, 0.15) is 6.04 Å². The van der Waals surface area contributed by atoms with Crippen LogP contribution in [0.4, 0.5) is 0 Å². The number of allylic oxidation sites excluding steroid dienone is 4. The van der Waals surface area contributed by atoms with Gasteiger partial charge in [-0.2, -0.15) is 0 Å². The Labute approximate surface area is 176 Å². The predicted octanol–water partition coefficient (Wildman–Crippen LogP) is 4.63. The first-order valence-corrected chi connectivity index (χ1v) is 11.1. The fourth-order valence-electron chi connectivity index (χ4n) is 2.91. The molecule has 0 aliphatic carbocycles. The van der Waals surface area contributed by atoms with Gasteiger partial charge < -0.3 is 16.2 Å². The molecule has 0 aromatic carbocycles. The average Bonchev–Trinajstić information content (AvgIpc) is 2.67. The van der Waals surface area contributed by atoms with E-state index >= 15 is 0 Å². The second-order valence-corrected chi connectivity index (χ2v) is 7.44.